The molecule has 1 aliphatic heterocycles. The van der Waals surface area contributed by atoms with Crippen molar-refractivity contribution in [3.63, 3.8) is 0 Å². The van der Waals surface area contributed by atoms with Crippen molar-refractivity contribution in [2.75, 3.05) is 6.61 Å². The van der Waals surface area contributed by atoms with Crippen molar-refractivity contribution in [1.82, 2.24) is 0 Å². The Morgan fingerprint density at radius 2 is 2.39 bits per heavy atom. The molecule has 1 aliphatic rings. The highest BCUT2D eigenvalue weighted by Crippen LogP contribution is 2.38. The molecule has 1 aromatic carbocycles. The molecule has 2 rings (SSSR count). The van der Waals surface area contributed by atoms with Crippen molar-refractivity contribution in [2.24, 2.45) is 0 Å². The van der Waals surface area contributed by atoms with Gasteiger partial charge in [-0.2, -0.15) is 0 Å². The molecule has 0 amide bonds. The first kappa shape index (κ1) is 12.6. The van der Waals surface area contributed by atoms with Crippen LogP contribution in [0.5, 0.6) is 5.75 Å². The maximum Gasteiger partial charge on any atom is 0.334 e. The Bertz CT molecular complexity index is 491. The molecule has 0 radical (unpaired) electrons. The quantitative estimate of drug-likeness (QED) is 0.644. The zero-order valence-corrected chi connectivity index (χ0v) is 10.5. The summed E-state index contributed by atoms with van der Waals surface area (Å²) in [5, 5.41) is 10.0. The highest BCUT2D eigenvalue weighted by Gasteiger charge is 2.24. The molecular formula is C14H16O4. The van der Waals surface area contributed by atoms with Gasteiger partial charge in [0, 0.05) is 12.0 Å². The molecule has 1 atom stereocenters. The van der Waals surface area contributed by atoms with Gasteiger partial charge >= 0.3 is 5.97 Å². The van der Waals surface area contributed by atoms with E-state index < -0.39 is 12.1 Å². The van der Waals surface area contributed by atoms with Crippen LogP contribution < -0.4 is 4.74 Å². The number of aryl methyl sites for hydroxylation is 1. The number of benzene rings is 1. The number of hydrogen-bond acceptors (Lipinski definition) is 4. The molecule has 0 saturated carbocycles. The molecule has 18 heavy (non-hydrogen) atoms. The van der Waals surface area contributed by atoms with Gasteiger partial charge in [-0.25, -0.2) is 4.79 Å². The lowest BCUT2D eigenvalue weighted by Crippen LogP contribution is -2.15. The number of ether oxygens (including phenoxy) is 2. The van der Waals surface area contributed by atoms with Crippen molar-refractivity contribution in [1.29, 1.82) is 0 Å². The lowest BCUT2D eigenvalue weighted by Gasteiger charge is -2.25. The largest absolute Gasteiger partial charge is 0.463 e. The number of rotatable bonds is 2. The number of hydrogen-bond donors (Lipinski definition) is 1. The molecule has 4 heteroatoms. The summed E-state index contributed by atoms with van der Waals surface area (Å²) in [4.78, 5) is 11.4. The number of fused-ring (bicyclic) bond motifs is 1. The molecule has 1 aromatic rings. The second-order valence-electron chi connectivity index (χ2n) is 4.18. The number of carbonyl (C=O) groups excluding carboxylic acids is 1. The first-order chi connectivity index (χ1) is 8.61. The van der Waals surface area contributed by atoms with E-state index in [-0.39, 0.29) is 6.42 Å². The minimum atomic E-state index is -0.644. The molecule has 0 saturated heterocycles. The van der Waals surface area contributed by atoms with Crippen molar-refractivity contribution < 1.29 is 19.4 Å². The van der Waals surface area contributed by atoms with Gasteiger partial charge in [0.15, 0.2) is 0 Å². The SMILES string of the molecule is CCOC(=O)/C=C1\CC(O)c2cccc(C)c2O1. The van der Waals surface area contributed by atoms with Crippen molar-refractivity contribution >= 4 is 5.97 Å². The van der Waals surface area contributed by atoms with Gasteiger partial charge in [-0.15, -0.1) is 0 Å². The van der Waals surface area contributed by atoms with E-state index in [1.165, 1.54) is 6.08 Å². The maximum absolute atomic E-state index is 11.4. The molecule has 0 aliphatic carbocycles. The molecule has 0 spiro atoms. The monoisotopic (exact) mass is 248 g/mol. The third-order valence-corrected chi connectivity index (χ3v) is 2.79. The summed E-state index contributed by atoms with van der Waals surface area (Å²) in [5.41, 5.74) is 1.69. The van der Waals surface area contributed by atoms with Gasteiger partial charge < -0.3 is 14.6 Å². The Morgan fingerprint density at radius 3 is 3.11 bits per heavy atom. The lowest BCUT2D eigenvalue weighted by atomic mass is 9.99. The normalized spacial score (nSPS) is 20.2. The van der Waals surface area contributed by atoms with E-state index in [1.807, 2.05) is 25.1 Å². The average molecular weight is 248 g/mol. The van der Waals surface area contributed by atoms with Crippen LogP contribution in [0, 0.1) is 6.92 Å². The van der Waals surface area contributed by atoms with Crippen LogP contribution in [0.15, 0.2) is 30.0 Å². The Morgan fingerprint density at radius 1 is 1.61 bits per heavy atom. The average Bonchev–Trinajstić information content (AvgIpc) is 2.31. The van der Waals surface area contributed by atoms with Gasteiger partial charge in [-0.05, 0) is 19.4 Å². The zero-order valence-electron chi connectivity index (χ0n) is 10.5. The van der Waals surface area contributed by atoms with Crippen LogP contribution >= 0.6 is 0 Å². The third kappa shape index (κ3) is 2.54. The molecule has 0 fully saturated rings. The maximum atomic E-state index is 11.4. The summed E-state index contributed by atoms with van der Waals surface area (Å²) in [6.07, 6.45) is 0.937. The summed E-state index contributed by atoms with van der Waals surface area (Å²) >= 11 is 0. The van der Waals surface area contributed by atoms with Crippen LogP contribution in [0.3, 0.4) is 0 Å². The predicted octanol–water partition coefficient (Wildman–Crippen LogP) is 2.26. The van der Waals surface area contributed by atoms with Crippen molar-refractivity contribution in [3.8, 4) is 5.75 Å². The molecular weight excluding hydrogens is 232 g/mol. The summed E-state index contributed by atoms with van der Waals surface area (Å²) in [7, 11) is 0. The Balaban J connectivity index is 2.27. The smallest absolute Gasteiger partial charge is 0.334 e. The molecule has 1 unspecified atom stereocenters. The van der Waals surface area contributed by atoms with E-state index in [2.05, 4.69) is 0 Å². The van der Waals surface area contributed by atoms with Crippen LogP contribution in [0.4, 0.5) is 0 Å². The fourth-order valence-corrected chi connectivity index (χ4v) is 1.95. The molecule has 0 aromatic heterocycles. The van der Waals surface area contributed by atoms with Crippen LogP contribution in [-0.4, -0.2) is 17.7 Å². The van der Waals surface area contributed by atoms with Crippen LogP contribution in [0.2, 0.25) is 0 Å². The number of esters is 1. The van der Waals surface area contributed by atoms with Gasteiger partial charge in [0.2, 0.25) is 0 Å². The second-order valence-corrected chi connectivity index (χ2v) is 4.18. The van der Waals surface area contributed by atoms with Gasteiger partial charge in [-0.3, -0.25) is 0 Å². The first-order valence-electron chi connectivity index (χ1n) is 5.94. The molecule has 4 nitrogen and oxygen atoms in total. The minimum Gasteiger partial charge on any atom is -0.463 e. The van der Waals surface area contributed by atoms with E-state index in [4.69, 9.17) is 9.47 Å². The van der Waals surface area contributed by atoms with E-state index >= 15 is 0 Å². The van der Waals surface area contributed by atoms with E-state index in [0.717, 1.165) is 11.1 Å². The van der Waals surface area contributed by atoms with E-state index in [1.54, 1.807) is 6.92 Å². The van der Waals surface area contributed by atoms with E-state index in [0.29, 0.717) is 18.1 Å². The van der Waals surface area contributed by atoms with Gasteiger partial charge in [0.1, 0.15) is 11.5 Å². The summed E-state index contributed by atoms with van der Waals surface area (Å²) in [6, 6.07) is 5.60. The lowest BCUT2D eigenvalue weighted by molar-refractivity contribution is -0.137. The highest BCUT2D eigenvalue weighted by atomic mass is 16.5. The van der Waals surface area contributed by atoms with Crippen LogP contribution in [0.1, 0.15) is 30.6 Å². The number of aliphatic hydroxyl groups is 1. The molecule has 1 N–H and O–H groups in total. The highest BCUT2D eigenvalue weighted by molar-refractivity contribution is 5.82. The summed E-state index contributed by atoms with van der Waals surface area (Å²) < 4.78 is 10.5. The van der Waals surface area contributed by atoms with Gasteiger partial charge in [-0.1, -0.05) is 18.2 Å². The standard InChI is InChI=1S/C14H16O4/c1-3-17-13(16)8-10-7-12(15)11-6-4-5-9(2)14(11)18-10/h4-6,8,12,15H,3,7H2,1-2H3/b10-8+. The Labute approximate surface area is 106 Å². The molecule has 1 heterocycles. The fourth-order valence-electron chi connectivity index (χ4n) is 1.95. The Hall–Kier alpha value is -1.81. The van der Waals surface area contributed by atoms with Gasteiger partial charge in [0.05, 0.1) is 18.8 Å². The Kier molecular flexibility index (Phi) is 3.67. The second kappa shape index (κ2) is 5.23. The molecule has 0 bridgehead atoms. The van der Waals surface area contributed by atoms with E-state index in [9.17, 15) is 9.90 Å². The third-order valence-electron chi connectivity index (χ3n) is 2.79. The number of carbonyl (C=O) groups is 1. The summed E-state index contributed by atoms with van der Waals surface area (Å²) in [5.74, 6) is 0.617. The number of aliphatic hydroxyl groups excluding tert-OH is 1. The van der Waals surface area contributed by atoms with Crippen LogP contribution in [0.25, 0.3) is 0 Å². The van der Waals surface area contributed by atoms with Crippen LogP contribution in [-0.2, 0) is 9.53 Å². The molecule has 96 valence electrons. The summed E-state index contributed by atoms with van der Waals surface area (Å²) in [6.45, 7) is 3.96. The minimum absolute atomic E-state index is 0.287. The van der Waals surface area contributed by atoms with Crippen molar-refractivity contribution in [3.05, 3.63) is 41.2 Å². The predicted molar refractivity (Wildman–Crippen MR) is 66.1 cm³/mol. The number of para-hydroxylation sites is 1. The van der Waals surface area contributed by atoms with Gasteiger partial charge in [0.25, 0.3) is 0 Å². The first-order valence-corrected chi connectivity index (χ1v) is 5.94. The topological polar surface area (TPSA) is 55.8 Å². The van der Waals surface area contributed by atoms with Crippen molar-refractivity contribution in [2.45, 2.75) is 26.4 Å². The zero-order chi connectivity index (χ0) is 13.1. The fraction of sp³-hybridized carbons (Fsp3) is 0.357.